The fourth-order valence-corrected chi connectivity index (χ4v) is 4.75. The molecule has 0 bridgehead atoms. The van der Waals surface area contributed by atoms with Crippen molar-refractivity contribution in [2.75, 3.05) is 0 Å². The first-order valence-corrected chi connectivity index (χ1v) is 11.7. The minimum absolute atomic E-state index is 0.732. The van der Waals surface area contributed by atoms with Crippen LogP contribution in [0.2, 0.25) is 0 Å². The molecule has 0 unspecified atom stereocenters. The summed E-state index contributed by atoms with van der Waals surface area (Å²) in [5, 5.41) is 3.29. The lowest BCUT2D eigenvalue weighted by Gasteiger charge is -2.11. The van der Waals surface area contributed by atoms with Crippen LogP contribution < -0.4 is 0 Å². The molecule has 3 nitrogen and oxygen atoms in total. The largest absolute Gasteiger partial charge is 0.456 e. The second-order valence-electron chi connectivity index (χ2n) is 8.67. The van der Waals surface area contributed by atoms with Crippen LogP contribution in [0.15, 0.2) is 126 Å². The van der Waals surface area contributed by atoms with Gasteiger partial charge in [0.25, 0.3) is 0 Å². The third-order valence-electron chi connectivity index (χ3n) is 6.48. The maximum absolute atomic E-state index is 6.03. The molecular weight excluding hydrogens is 428 g/mol. The molecule has 0 amide bonds. The van der Waals surface area contributed by atoms with Gasteiger partial charge in [-0.25, -0.2) is 9.97 Å². The Morgan fingerprint density at radius 1 is 0.429 bits per heavy atom. The SMILES string of the molecule is c1ccc(-c2nc(-c3ccccc3)c3cc(-c4ccc5oc6ccccc6c5c4)ccc3n2)cc1. The lowest BCUT2D eigenvalue weighted by atomic mass is 9.98. The van der Waals surface area contributed by atoms with Crippen molar-refractivity contribution < 1.29 is 4.42 Å². The topological polar surface area (TPSA) is 38.9 Å². The van der Waals surface area contributed by atoms with E-state index in [1.54, 1.807) is 0 Å². The Bertz CT molecular complexity index is 1840. The van der Waals surface area contributed by atoms with Gasteiger partial charge in [-0.2, -0.15) is 0 Å². The Balaban J connectivity index is 1.45. The second-order valence-corrected chi connectivity index (χ2v) is 8.67. The van der Waals surface area contributed by atoms with E-state index >= 15 is 0 Å². The summed E-state index contributed by atoms with van der Waals surface area (Å²) >= 11 is 0. The van der Waals surface area contributed by atoms with Gasteiger partial charge in [0.1, 0.15) is 11.2 Å². The van der Waals surface area contributed by atoms with Gasteiger partial charge in [0.05, 0.1) is 11.2 Å². The molecule has 0 fully saturated rings. The molecule has 2 heterocycles. The maximum Gasteiger partial charge on any atom is 0.160 e. The van der Waals surface area contributed by atoms with Crippen LogP contribution >= 0.6 is 0 Å². The summed E-state index contributed by atoms with van der Waals surface area (Å²) in [6.45, 7) is 0. The fourth-order valence-electron chi connectivity index (χ4n) is 4.75. The standard InChI is InChI=1S/C32H20N2O/c1-3-9-21(10-4-1)31-27-20-23(15-17-28(27)33-32(34-31)22-11-5-2-6-12-22)24-16-18-30-26(19-24)25-13-7-8-14-29(25)35-30/h1-20H. The van der Waals surface area contributed by atoms with Crippen LogP contribution in [0.1, 0.15) is 0 Å². The summed E-state index contributed by atoms with van der Waals surface area (Å²) in [7, 11) is 0. The van der Waals surface area contributed by atoms with Crippen molar-refractivity contribution in [3.63, 3.8) is 0 Å². The van der Waals surface area contributed by atoms with Gasteiger partial charge in [-0.05, 0) is 41.5 Å². The molecular formula is C32H20N2O. The normalized spacial score (nSPS) is 11.4. The van der Waals surface area contributed by atoms with E-state index in [1.165, 1.54) is 0 Å². The molecule has 0 aliphatic carbocycles. The van der Waals surface area contributed by atoms with E-state index in [4.69, 9.17) is 14.4 Å². The molecule has 0 aliphatic heterocycles. The smallest absolute Gasteiger partial charge is 0.160 e. The highest BCUT2D eigenvalue weighted by molar-refractivity contribution is 6.06. The van der Waals surface area contributed by atoms with Gasteiger partial charge < -0.3 is 4.42 Å². The van der Waals surface area contributed by atoms with E-state index in [-0.39, 0.29) is 0 Å². The van der Waals surface area contributed by atoms with Crippen molar-refractivity contribution in [1.82, 2.24) is 9.97 Å². The molecule has 0 N–H and O–H groups in total. The van der Waals surface area contributed by atoms with Gasteiger partial charge in [0, 0.05) is 27.3 Å². The highest BCUT2D eigenvalue weighted by atomic mass is 16.3. The zero-order valence-electron chi connectivity index (χ0n) is 18.8. The Labute approximate surface area is 202 Å². The van der Waals surface area contributed by atoms with Crippen LogP contribution in [0.3, 0.4) is 0 Å². The van der Waals surface area contributed by atoms with E-state index in [2.05, 4.69) is 66.7 Å². The third kappa shape index (κ3) is 3.37. The Hall–Kier alpha value is -4.76. The van der Waals surface area contributed by atoms with Gasteiger partial charge in [-0.15, -0.1) is 0 Å². The average molecular weight is 449 g/mol. The highest BCUT2D eigenvalue weighted by Gasteiger charge is 2.14. The van der Waals surface area contributed by atoms with E-state index in [9.17, 15) is 0 Å². The number of para-hydroxylation sites is 1. The first-order valence-electron chi connectivity index (χ1n) is 11.7. The van der Waals surface area contributed by atoms with Crippen LogP contribution in [0.25, 0.3) is 66.6 Å². The molecule has 0 atom stereocenters. The molecule has 164 valence electrons. The van der Waals surface area contributed by atoms with Crippen molar-refractivity contribution in [2.45, 2.75) is 0 Å². The van der Waals surface area contributed by atoms with E-state index < -0.39 is 0 Å². The average Bonchev–Trinajstić information content (AvgIpc) is 3.31. The zero-order valence-corrected chi connectivity index (χ0v) is 18.8. The summed E-state index contributed by atoms with van der Waals surface area (Å²) in [6, 6.07) is 41.5. The van der Waals surface area contributed by atoms with Crippen LogP contribution in [-0.4, -0.2) is 9.97 Å². The highest BCUT2D eigenvalue weighted by Crippen LogP contribution is 2.35. The van der Waals surface area contributed by atoms with Gasteiger partial charge >= 0.3 is 0 Å². The second kappa shape index (κ2) is 7.93. The summed E-state index contributed by atoms with van der Waals surface area (Å²) in [5.41, 5.74) is 8.01. The predicted molar refractivity (Wildman–Crippen MR) is 143 cm³/mol. The summed E-state index contributed by atoms with van der Waals surface area (Å²) in [5.74, 6) is 0.732. The number of nitrogens with zero attached hydrogens (tertiary/aromatic N) is 2. The number of furan rings is 1. The lowest BCUT2D eigenvalue weighted by Crippen LogP contribution is -1.95. The van der Waals surface area contributed by atoms with Crippen molar-refractivity contribution >= 4 is 32.8 Å². The van der Waals surface area contributed by atoms with Crippen LogP contribution in [0.4, 0.5) is 0 Å². The first-order chi connectivity index (χ1) is 17.3. The molecule has 0 saturated heterocycles. The molecule has 0 aliphatic rings. The summed E-state index contributed by atoms with van der Waals surface area (Å²) in [6.07, 6.45) is 0. The number of hydrogen-bond donors (Lipinski definition) is 0. The van der Waals surface area contributed by atoms with Crippen LogP contribution in [0, 0.1) is 0 Å². The monoisotopic (exact) mass is 448 g/mol. The summed E-state index contributed by atoms with van der Waals surface area (Å²) < 4.78 is 6.03. The number of rotatable bonds is 3. The van der Waals surface area contributed by atoms with E-state index in [0.29, 0.717) is 0 Å². The van der Waals surface area contributed by atoms with Crippen LogP contribution in [-0.2, 0) is 0 Å². The quantitative estimate of drug-likeness (QED) is 0.272. The Morgan fingerprint density at radius 3 is 1.86 bits per heavy atom. The van der Waals surface area contributed by atoms with E-state index in [1.807, 2.05) is 54.6 Å². The van der Waals surface area contributed by atoms with Crippen LogP contribution in [0.5, 0.6) is 0 Å². The minimum atomic E-state index is 0.732. The number of fused-ring (bicyclic) bond motifs is 4. The minimum Gasteiger partial charge on any atom is -0.456 e. The number of benzene rings is 5. The van der Waals surface area contributed by atoms with Crippen molar-refractivity contribution in [2.24, 2.45) is 0 Å². The molecule has 0 saturated carbocycles. The number of hydrogen-bond acceptors (Lipinski definition) is 3. The maximum atomic E-state index is 6.03. The van der Waals surface area contributed by atoms with Gasteiger partial charge in [-0.3, -0.25) is 0 Å². The molecule has 5 aromatic carbocycles. The molecule has 35 heavy (non-hydrogen) atoms. The van der Waals surface area contributed by atoms with Crippen molar-refractivity contribution in [3.05, 3.63) is 121 Å². The van der Waals surface area contributed by atoms with Gasteiger partial charge in [-0.1, -0.05) is 91.0 Å². The Morgan fingerprint density at radius 2 is 1.06 bits per heavy atom. The van der Waals surface area contributed by atoms with E-state index in [0.717, 1.165) is 66.6 Å². The van der Waals surface area contributed by atoms with Crippen molar-refractivity contribution in [3.8, 4) is 33.8 Å². The zero-order chi connectivity index (χ0) is 23.2. The summed E-state index contributed by atoms with van der Waals surface area (Å²) in [4.78, 5) is 9.96. The van der Waals surface area contributed by atoms with Crippen molar-refractivity contribution in [1.29, 1.82) is 0 Å². The fraction of sp³-hybridized carbons (Fsp3) is 0. The Kier molecular flexibility index (Phi) is 4.46. The molecule has 2 aromatic heterocycles. The number of aromatic nitrogens is 2. The first kappa shape index (κ1) is 19.7. The molecule has 0 radical (unpaired) electrons. The third-order valence-corrected chi connectivity index (χ3v) is 6.48. The molecule has 7 aromatic rings. The predicted octanol–water partition coefficient (Wildman–Crippen LogP) is 8.53. The van der Waals surface area contributed by atoms with Gasteiger partial charge in [0.2, 0.25) is 0 Å². The molecule has 7 rings (SSSR count). The molecule has 3 heteroatoms. The van der Waals surface area contributed by atoms with Gasteiger partial charge in [0.15, 0.2) is 5.82 Å². The molecule has 0 spiro atoms. The lowest BCUT2D eigenvalue weighted by molar-refractivity contribution is 0.669.